The van der Waals surface area contributed by atoms with Crippen LogP contribution in [0.3, 0.4) is 0 Å². The van der Waals surface area contributed by atoms with Crippen LogP contribution in [0.2, 0.25) is 0 Å². The molecule has 6 aromatic carbocycles. The number of carboxylic acid groups (broad SMARTS) is 1. The summed E-state index contributed by atoms with van der Waals surface area (Å²) in [7, 11) is 1.38. The molecule has 0 aliphatic carbocycles. The number of ether oxygens (including phenoxy) is 1. The molecule has 0 bridgehead atoms. The van der Waals surface area contributed by atoms with E-state index in [1.807, 2.05) is 176 Å². The van der Waals surface area contributed by atoms with Crippen LogP contribution in [0.25, 0.3) is 22.5 Å². The van der Waals surface area contributed by atoms with Crippen LogP contribution in [0.15, 0.2) is 195 Å². The second-order valence-electron chi connectivity index (χ2n) is 14.6. The van der Waals surface area contributed by atoms with Gasteiger partial charge in [0.2, 0.25) is 0 Å². The number of carboxylic acids is 1. The first-order valence-corrected chi connectivity index (χ1v) is 20.8. The van der Waals surface area contributed by atoms with E-state index < -0.39 is 18.1 Å². The molecule has 0 amide bonds. The van der Waals surface area contributed by atoms with E-state index in [-0.39, 0.29) is 5.97 Å². The molecule has 10 nitrogen and oxygen atoms in total. The minimum absolute atomic E-state index is 0.347. The zero-order chi connectivity index (χ0) is 45.1. The van der Waals surface area contributed by atoms with Crippen molar-refractivity contribution < 1.29 is 19.4 Å². The highest BCUT2D eigenvalue weighted by atomic mass is 16.5. The zero-order valence-electron chi connectivity index (χ0n) is 35.5. The lowest BCUT2D eigenvalue weighted by Crippen LogP contribution is -2.33. The first-order chi connectivity index (χ1) is 31.9. The maximum Gasteiger partial charge on any atom is 0.328 e. The standard InChI is InChI=1S/C28H23N3O2.C27H21N3O2/c1-33-28(32)26(18-23-10-6-3-7-11-23)31-27-19-25(29-20-30-27)24-16-14-22(15-17-24)13-12-21-8-4-2-5-9-21;31-27(32)25(17-22-9-5-2-6-10-22)30-26-18-24(28-19-29-26)23-15-13-21(14-16-23)12-11-20-7-3-1-4-8-20/h2-11,14-17,19-20,26H,18H2,1H3,(H,29,30,31);1-10,13-16,18-19,25H,17H2,(H,31,32)(H,28,29,30). The molecule has 65 heavy (non-hydrogen) atoms. The molecule has 0 aliphatic heterocycles. The van der Waals surface area contributed by atoms with Crippen molar-refractivity contribution in [3.05, 3.63) is 228 Å². The highest BCUT2D eigenvalue weighted by Crippen LogP contribution is 2.22. The summed E-state index contributed by atoms with van der Waals surface area (Å²) in [6, 6.07) is 56.9. The van der Waals surface area contributed by atoms with E-state index in [0.29, 0.717) is 30.2 Å². The first-order valence-electron chi connectivity index (χ1n) is 20.8. The number of nitrogens with one attached hydrogen (secondary N) is 2. The Kier molecular flexibility index (Phi) is 15.5. The number of hydrogen-bond acceptors (Lipinski definition) is 9. The van der Waals surface area contributed by atoms with E-state index in [2.05, 4.69) is 54.3 Å². The van der Waals surface area contributed by atoms with Crippen molar-refractivity contribution >= 4 is 23.6 Å². The summed E-state index contributed by atoms with van der Waals surface area (Å²) in [4.78, 5) is 41.3. The van der Waals surface area contributed by atoms with Crippen molar-refractivity contribution in [2.75, 3.05) is 17.7 Å². The molecular formula is C55H44N6O4. The number of rotatable bonds is 12. The van der Waals surface area contributed by atoms with E-state index >= 15 is 0 Å². The molecule has 3 N–H and O–H groups in total. The van der Waals surface area contributed by atoms with E-state index in [1.54, 1.807) is 6.07 Å². The number of nitrogens with zero attached hydrogens (tertiary/aromatic N) is 4. The quantitative estimate of drug-likeness (QED) is 0.0805. The Hall–Kier alpha value is -8.86. The molecule has 318 valence electrons. The van der Waals surface area contributed by atoms with Crippen molar-refractivity contribution in [2.24, 2.45) is 0 Å². The molecule has 0 aliphatic rings. The Morgan fingerprint density at radius 1 is 0.492 bits per heavy atom. The summed E-state index contributed by atoms with van der Waals surface area (Å²) in [5.41, 5.74) is 9.01. The minimum Gasteiger partial charge on any atom is -0.480 e. The lowest BCUT2D eigenvalue weighted by atomic mass is 10.1. The Labute approximate surface area is 378 Å². The molecule has 8 aromatic rings. The summed E-state index contributed by atoms with van der Waals surface area (Å²) in [5.74, 6) is 12.4. The molecule has 0 saturated heterocycles. The van der Waals surface area contributed by atoms with Gasteiger partial charge in [0.25, 0.3) is 0 Å². The van der Waals surface area contributed by atoms with Crippen molar-refractivity contribution in [1.82, 2.24) is 19.9 Å². The molecule has 2 aromatic heterocycles. The number of aliphatic carboxylic acids is 1. The molecule has 0 spiro atoms. The summed E-state index contributed by atoms with van der Waals surface area (Å²) >= 11 is 0. The van der Waals surface area contributed by atoms with Crippen molar-refractivity contribution in [3.63, 3.8) is 0 Å². The van der Waals surface area contributed by atoms with Crippen molar-refractivity contribution in [2.45, 2.75) is 24.9 Å². The fourth-order valence-corrected chi connectivity index (χ4v) is 6.56. The van der Waals surface area contributed by atoms with Gasteiger partial charge in [0.15, 0.2) is 0 Å². The maximum atomic E-state index is 12.3. The number of benzene rings is 6. The monoisotopic (exact) mass is 852 g/mol. The number of esters is 1. The van der Waals surface area contributed by atoms with Crippen molar-refractivity contribution in [3.8, 4) is 46.2 Å². The fraction of sp³-hybridized carbons (Fsp3) is 0.0909. The summed E-state index contributed by atoms with van der Waals surface area (Å²) in [6.07, 6.45) is 3.76. The smallest absolute Gasteiger partial charge is 0.328 e. The van der Waals surface area contributed by atoms with Gasteiger partial charge in [-0.05, 0) is 59.7 Å². The van der Waals surface area contributed by atoms with Gasteiger partial charge in [-0.2, -0.15) is 0 Å². The van der Waals surface area contributed by atoms with Gasteiger partial charge >= 0.3 is 11.9 Å². The van der Waals surface area contributed by atoms with Gasteiger partial charge in [-0.3, -0.25) is 0 Å². The number of hydrogen-bond donors (Lipinski definition) is 3. The van der Waals surface area contributed by atoms with Crippen LogP contribution in [0.4, 0.5) is 11.6 Å². The highest BCUT2D eigenvalue weighted by molar-refractivity contribution is 5.80. The predicted octanol–water partition coefficient (Wildman–Crippen LogP) is 9.39. The molecule has 0 saturated carbocycles. The molecule has 10 heteroatoms. The van der Waals surface area contributed by atoms with Gasteiger partial charge in [-0.1, -0.05) is 145 Å². The van der Waals surface area contributed by atoms with Crippen LogP contribution in [0.5, 0.6) is 0 Å². The zero-order valence-corrected chi connectivity index (χ0v) is 35.5. The van der Waals surface area contributed by atoms with Crippen LogP contribution in [0.1, 0.15) is 33.4 Å². The summed E-state index contributed by atoms with van der Waals surface area (Å²) < 4.78 is 4.98. The van der Waals surface area contributed by atoms with Crippen LogP contribution in [-0.4, -0.2) is 56.2 Å². The van der Waals surface area contributed by atoms with Gasteiger partial charge < -0.3 is 20.5 Å². The topological polar surface area (TPSA) is 139 Å². The molecule has 0 fully saturated rings. The predicted molar refractivity (Wildman–Crippen MR) is 255 cm³/mol. The normalized spacial score (nSPS) is 11.1. The summed E-state index contributed by atoms with van der Waals surface area (Å²) in [6.45, 7) is 0. The minimum atomic E-state index is -0.935. The largest absolute Gasteiger partial charge is 0.480 e. The lowest BCUT2D eigenvalue weighted by molar-refractivity contribution is -0.141. The van der Waals surface area contributed by atoms with E-state index in [4.69, 9.17) is 4.74 Å². The van der Waals surface area contributed by atoms with E-state index in [9.17, 15) is 14.7 Å². The molecular weight excluding hydrogens is 809 g/mol. The van der Waals surface area contributed by atoms with E-state index in [0.717, 1.165) is 50.2 Å². The Morgan fingerprint density at radius 3 is 1.23 bits per heavy atom. The third-order valence-electron chi connectivity index (χ3n) is 9.94. The van der Waals surface area contributed by atoms with E-state index in [1.165, 1.54) is 19.8 Å². The van der Waals surface area contributed by atoms with Crippen LogP contribution >= 0.6 is 0 Å². The second kappa shape index (κ2) is 22.8. The Bertz CT molecular complexity index is 2910. The van der Waals surface area contributed by atoms with Gasteiger partial charge in [-0.25, -0.2) is 29.5 Å². The first kappa shape index (κ1) is 44.2. The molecule has 2 unspecified atom stereocenters. The van der Waals surface area contributed by atoms with Crippen LogP contribution in [0, 0.1) is 23.7 Å². The fourth-order valence-electron chi connectivity index (χ4n) is 6.56. The van der Waals surface area contributed by atoms with Crippen LogP contribution in [-0.2, 0) is 27.2 Å². The average Bonchev–Trinajstić information content (AvgIpc) is 3.36. The second-order valence-corrected chi connectivity index (χ2v) is 14.6. The third kappa shape index (κ3) is 13.6. The summed E-state index contributed by atoms with van der Waals surface area (Å²) in [5, 5.41) is 15.8. The maximum absolute atomic E-state index is 12.3. The van der Waals surface area contributed by atoms with Gasteiger partial charge in [-0.15, -0.1) is 0 Å². The number of anilines is 2. The molecule has 2 atom stereocenters. The van der Waals surface area contributed by atoms with Gasteiger partial charge in [0.05, 0.1) is 18.5 Å². The van der Waals surface area contributed by atoms with Gasteiger partial charge in [0.1, 0.15) is 36.4 Å². The number of carbonyl (C=O) groups is 2. The Morgan fingerprint density at radius 2 is 0.846 bits per heavy atom. The molecule has 8 rings (SSSR count). The third-order valence-corrected chi connectivity index (χ3v) is 9.94. The highest BCUT2D eigenvalue weighted by Gasteiger charge is 2.21. The lowest BCUT2D eigenvalue weighted by Gasteiger charge is -2.17. The number of carbonyl (C=O) groups excluding carboxylic acids is 1. The molecule has 0 radical (unpaired) electrons. The van der Waals surface area contributed by atoms with Crippen molar-refractivity contribution in [1.29, 1.82) is 0 Å². The average molecular weight is 853 g/mol. The van der Waals surface area contributed by atoms with Crippen LogP contribution < -0.4 is 10.6 Å². The van der Waals surface area contributed by atoms with Gasteiger partial charge in [0, 0.05) is 58.4 Å². The Balaban J connectivity index is 0.000000194. The molecule has 2 heterocycles. The number of methoxy groups -OCH3 is 1. The number of aromatic nitrogens is 4. The SMILES string of the molecule is COC(=O)C(Cc1ccccc1)Nc1cc(-c2ccc(C#Cc3ccccc3)cc2)ncn1.O=C(O)C(Cc1ccccc1)Nc1cc(-c2ccc(C#Cc3ccccc3)cc2)ncn1.